The van der Waals surface area contributed by atoms with Crippen LogP contribution in [-0.4, -0.2) is 57.8 Å². The van der Waals surface area contributed by atoms with Crippen molar-refractivity contribution in [1.29, 1.82) is 0 Å². The van der Waals surface area contributed by atoms with Gasteiger partial charge in [0, 0.05) is 44.1 Å². The maximum Gasteiger partial charge on any atom is 0.253 e. The summed E-state index contributed by atoms with van der Waals surface area (Å²) in [7, 11) is 0. The van der Waals surface area contributed by atoms with E-state index in [1.165, 1.54) is 12.8 Å². The van der Waals surface area contributed by atoms with E-state index in [1.807, 2.05) is 28.0 Å². The molecule has 6 nitrogen and oxygen atoms in total. The van der Waals surface area contributed by atoms with E-state index in [-0.39, 0.29) is 11.8 Å². The summed E-state index contributed by atoms with van der Waals surface area (Å²) in [5.41, 5.74) is 2.49. The predicted octanol–water partition coefficient (Wildman–Crippen LogP) is 2.99. The van der Waals surface area contributed by atoms with Crippen molar-refractivity contribution < 1.29 is 9.59 Å². The molecule has 2 fully saturated rings. The van der Waals surface area contributed by atoms with Gasteiger partial charge in [-0.15, -0.1) is 0 Å². The molecular weight excluding hydrogens is 340 g/mol. The highest BCUT2D eigenvalue weighted by Crippen LogP contribution is 2.27. The van der Waals surface area contributed by atoms with Crippen LogP contribution in [0.5, 0.6) is 0 Å². The summed E-state index contributed by atoms with van der Waals surface area (Å²) < 4.78 is 0. The molecule has 0 unspecified atom stereocenters. The van der Waals surface area contributed by atoms with Crippen LogP contribution in [0, 0.1) is 5.92 Å². The zero-order chi connectivity index (χ0) is 18.8. The molecule has 0 radical (unpaired) electrons. The number of aromatic amines is 1. The van der Waals surface area contributed by atoms with Crippen molar-refractivity contribution >= 4 is 22.8 Å². The lowest BCUT2D eigenvalue weighted by Gasteiger charge is -2.24. The maximum atomic E-state index is 13.0. The Labute approximate surface area is 159 Å². The van der Waals surface area contributed by atoms with E-state index in [0.717, 1.165) is 49.1 Å². The molecular formula is C21H28N4O2. The summed E-state index contributed by atoms with van der Waals surface area (Å²) in [6.07, 6.45) is 6.09. The Bertz CT molecular complexity index is 838. The van der Waals surface area contributed by atoms with Crippen LogP contribution in [0.4, 0.5) is 0 Å². The average molecular weight is 368 g/mol. The molecule has 1 aromatic carbocycles. The molecule has 2 aliphatic rings. The van der Waals surface area contributed by atoms with Gasteiger partial charge in [-0.2, -0.15) is 0 Å². The van der Waals surface area contributed by atoms with Crippen LogP contribution in [0.15, 0.2) is 18.2 Å². The van der Waals surface area contributed by atoms with Gasteiger partial charge in [0.25, 0.3) is 5.91 Å². The highest BCUT2D eigenvalue weighted by atomic mass is 16.2. The number of carbonyl (C=O) groups excluding carboxylic acids is 2. The van der Waals surface area contributed by atoms with Gasteiger partial charge in [0.05, 0.1) is 11.0 Å². The minimum Gasteiger partial charge on any atom is -0.342 e. The van der Waals surface area contributed by atoms with Crippen molar-refractivity contribution in [2.45, 2.75) is 45.4 Å². The fourth-order valence-electron chi connectivity index (χ4n) is 4.32. The Balaban J connectivity index is 1.44. The summed E-state index contributed by atoms with van der Waals surface area (Å²) in [6, 6.07) is 5.67. The fourth-order valence-corrected chi connectivity index (χ4v) is 4.32. The number of benzene rings is 1. The lowest BCUT2D eigenvalue weighted by Crippen LogP contribution is -2.39. The number of hydrogen-bond acceptors (Lipinski definition) is 3. The minimum atomic E-state index is 0.0414. The lowest BCUT2D eigenvalue weighted by molar-refractivity contribution is -0.135. The summed E-state index contributed by atoms with van der Waals surface area (Å²) in [5, 5.41) is 0. The van der Waals surface area contributed by atoms with Crippen LogP contribution < -0.4 is 0 Å². The average Bonchev–Trinajstić information content (AvgIpc) is 3.30. The van der Waals surface area contributed by atoms with Gasteiger partial charge in [0.2, 0.25) is 5.91 Å². The second kappa shape index (κ2) is 7.71. The predicted molar refractivity (Wildman–Crippen MR) is 105 cm³/mol. The van der Waals surface area contributed by atoms with E-state index in [1.54, 1.807) is 0 Å². The van der Waals surface area contributed by atoms with Gasteiger partial charge in [-0.05, 0) is 37.5 Å². The topological polar surface area (TPSA) is 69.3 Å². The molecule has 2 heterocycles. The van der Waals surface area contributed by atoms with Gasteiger partial charge < -0.3 is 14.8 Å². The molecule has 0 spiro atoms. The standard InChI is InChI=1S/C21H28N4O2/c1-2-19-22-17-9-8-16(14-18(17)23-19)21(27)25-11-5-10-24(12-13-25)20(26)15-6-3-4-7-15/h8-9,14-15H,2-7,10-13H2,1H3,(H,22,23). The summed E-state index contributed by atoms with van der Waals surface area (Å²) in [5.74, 6) is 1.49. The smallest absolute Gasteiger partial charge is 0.253 e. The number of imidazole rings is 1. The van der Waals surface area contributed by atoms with Crippen molar-refractivity contribution in [2.75, 3.05) is 26.2 Å². The van der Waals surface area contributed by atoms with Gasteiger partial charge in [0.1, 0.15) is 5.82 Å². The highest BCUT2D eigenvalue weighted by molar-refractivity contribution is 5.97. The molecule has 1 aromatic heterocycles. The molecule has 1 saturated carbocycles. The molecule has 1 N–H and O–H groups in total. The number of hydrogen-bond donors (Lipinski definition) is 1. The molecule has 2 amide bonds. The number of nitrogens with zero attached hydrogens (tertiary/aromatic N) is 3. The van der Waals surface area contributed by atoms with E-state index in [9.17, 15) is 9.59 Å². The molecule has 0 atom stereocenters. The number of aromatic nitrogens is 2. The van der Waals surface area contributed by atoms with Crippen LogP contribution >= 0.6 is 0 Å². The third-order valence-corrected chi connectivity index (χ3v) is 5.91. The van der Waals surface area contributed by atoms with Crippen molar-refractivity contribution in [3.8, 4) is 0 Å². The van der Waals surface area contributed by atoms with Gasteiger partial charge in [-0.25, -0.2) is 4.98 Å². The zero-order valence-electron chi connectivity index (χ0n) is 16.0. The van der Waals surface area contributed by atoms with E-state index >= 15 is 0 Å². The molecule has 2 aromatic rings. The van der Waals surface area contributed by atoms with Crippen LogP contribution in [0.1, 0.15) is 55.2 Å². The summed E-state index contributed by atoms with van der Waals surface area (Å²) in [4.78, 5) is 37.3. The molecule has 144 valence electrons. The van der Waals surface area contributed by atoms with Crippen molar-refractivity contribution in [2.24, 2.45) is 5.92 Å². The molecule has 0 bridgehead atoms. The molecule has 4 rings (SSSR count). The largest absolute Gasteiger partial charge is 0.342 e. The van der Waals surface area contributed by atoms with Gasteiger partial charge in [-0.1, -0.05) is 19.8 Å². The first-order valence-corrected chi connectivity index (χ1v) is 10.2. The second-order valence-electron chi connectivity index (χ2n) is 7.72. The van der Waals surface area contributed by atoms with Crippen LogP contribution in [-0.2, 0) is 11.2 Å². The van der Waals surface area contributed by atoms with E-state index in [4.69, 9.17) is 0 Å². The first kappa shape index (κ1) is 18.0. The molecule has 27 heavy (non-hydrogen) atoms. The molecule has 1 aliphatic carbocycles. The number of H-pyrrole nitrogens is 1. The third-order valence-electron chi connectivity index (χ3n) is 5.91. The van der Waals surface area contributed by atoms with Crippen LogP contribution in [0.3, 0.4) is 0 Å². The second-order valence-corrected chi connectivity index (χ2v) is 7.72. The Morgan fingerprint density at radius 1 is 1.07 bits per heavy atom. The van der Waals surface area contributed by atoms with Crippen LogP contribution in [0.2, 0.25) is 0 Å². The monoisotopic (exact) mass is 368 g/mol. The quantitative estimate of drug-likeness (QED) is 0.905. The maximum absolute atomic E-state index is 13.0. The van der Waals surface area contributed by atoms with Gasteiger partial charge in [0.15, 0.2) is 0 Å². The molecule has 1 aliphatic heterocycles. The first-order valence-electron chi connectivity index (χ1n) is 10.2. The number of amides is 2. The number of fused-ring (bicyclic) bond motifs is 1. The fraction of sp³-hybridized carbons (Fsp3) is 0.571. The Morgan fingerprint density at radius 3 is 2.59 bits per heavy atom. The van der Waals surface area contributed by atoms with E-state index in [2.05, 4.69) is 16.9 Å². The van der Waals surface area contributed by atoms with E-state index in [0.29, 0.717) is 31.1 Å². The lowest BCUT2D eigenvalue weighted by atomic mass is 10.1. The minimum absolute atomic E-state index is 0.0414. The third kappa shape index (κ3) is 3.70. The van der Waals surface area contributed by atoms with Gasteiger partial charge >= 0.3 is 0 Å². The number of carbonyl (C=O) groups is 2. The van der Waals surface area contributed by atoms with Crippen molar-refractivity contribution in [3.63, 3.8) is 0 Å². The van der Waals surface area contributed by atoms with Gasteiger partial charge in [-0.3, -0.25) is 9.59 Å². The number of nitrogens with one attached hydrogen (secondary N) is 1. The molecule has 1 saturated heterocycles. The Morgan fingerprint density at radius 2 is 1.81 bits per heavy atom. The zero-order valence-corrected chi connectivity index (χ0v) is 16.0. The SMILES string of the molecule is CCc1nc2ccc(C(=O)N3CCCN(C(=O)C4CCCC4)CC3)cc2[nH]1. The van der Waals surface area contributed by atoms with Crippen LogP contribution in [0.25, 0.3) is 11.0 Å². The Hall–Kier alpha value is -2.37. The van der Waals surface area contributed by atoms with Crippen molar-refractivity contribution in [3.05, 3.63) is 29.6 Å². The number of rotatable bonds is 3. The highest BCUT2D eigenvalue weighted by Gasteiger charge is 2.29. The first-order chi connectivity index (χ1) is 13.2. The van der Waals surface area contributed by atoms with Crippen molar-refractivity contribution in [1.82, 2.24) is 19.8 Å². The summed E-state index contributed by atoms with van der Waals surface area (Å²) in [6.45, 7) is 4.78. The summed E-state index contributed by atoms with van der Waals surface area (Å²) >= 11 is 0. The molecule has 6 heteroatoms. The number of aryl methyl sites for hydroxylation is 1. The van der Waals surface area contributed by atoms with E-state index < -0.39 is 0 Å². The Kier molecular flexibility index (Phi) is 5.14. The normalized spacial score (nSPS) is 18.9.